The molecular weight excluding hydrogens is 395 g/mol. The van der Waals surface area contributed by atoms with Crippen molar-refractivity contribution >= 4 is 32.9 Å². The second-order valence-corrected chi connectivity index (χ2v) is 6.82. The SMILES string of the molecule is Nc1nc(Cc2ccc(Br)cc2)c2nc(-c3ccc(F)cc3)ccc2n1. The smallest absolute Gasteiger partial charge is 0.220 e. The summed E-state index contributed by atoms with van der Waals surface area (Å²) in [6.45, 7) is 0. The lowest BCUT2D eigenvalue weighted by Gasteiger charge is -2.09. The fourth-order valence-corrected chi connectivity index (χ4v) is 3.06. The van der Waals surface area contributed by atoms with Crippen LogP contribution in [0.5, 0.6) is 0 Å². The van der Waals surface area contributed by atoms with Gasteiger partial charge in [0.15, 0.2) is 0 Å². The van der Waals surface area contributed by atoms with Crippen molar-refractivity contribution in [3.63, 3.8) is 0 Å². The number of anilines is 1. The van der Waals surface area contributed by atoms with Gasteiger partial charge in [-0.1, -0.05) is 28.1 Å². The summed E-state index contributed by atoms with van der Waals surface area (Å²) in [5, 5.41) is 0. The molecule has 4 rings (SSSR count). The van der Waals surface area contributed by atoms with Gasteiger partial charge < -0.3 is 5.73 Å². The molecule has 0 bridgehead atoms. The third-order valence-corrected chi connectivity index (χ3v) is 4.59. The lowest BCUT2D eigenvalue weighted by atomic mass is 10.1. The second-order valence-electron chi connectivity index (χ2n) is 5.90. The van der Waals surface area contributed by atoms with Crippen molar-refractivity contribution in [1.82, 2.24) is 15.0 Å². The standard InChI is InChI=1S/C20H14BrFN4/c21-14-5-1-12(2-6-14)11-18-19-17(25-20(23)26-18)10-9-16(24-19)13-3-7-15(22)8-4-13/h1-10H,11H2,(H2,23,25,26). The minimum absolute atomic E-state index is 0.223. The van der Waals surface area contributed by atoms with Crippen LogP contribution in [0.2, 0.25) is 0 Å². The molecule has 2 heterocycles. The average Bonchev–Trinajstić information content (AvgIpc) is 2.64. The quantitative estimate of drug-likeness (QED) is 0.530. The lowest BCUT2D eigenvalue weighted by molar-refractivity contribution is 0.628. The van der Waals surface area contributed by atoms with Crippen LogP contribution >= 0.6 is 15.9 Å². The molecule has 0 fully saturated rings. The summed E-state index contributed by atoms with van der Waals surface area (Å²) in [5.41, 5.74) is 10.7. The summed E-state index contributed by atoms with van der Waals surface area (Å²) in [4.78, 5) is 13.4. The molecule has 0 aliphatic rings. The number of pyridine rings is 1. The van der Waals surface area contributed by atoms with E-state index in [2.05, 4.69) is 25.9 Å². The Hall–Kier alpha value is -2.86. The Kier molecular flexibility index (Phi) is 4.34. The molecule has 4 nitrogen and oxygen atoms in total. The zero-order valence-electron chi connectivity index (χ0n) is 13.7. The number of nitrogens with two attached hydrogens (primary N) is 1. The highest BCUT2D eigenvalue weighted by atomic mass is 79.9. The van der Waals surface area contributed by atoms with E-state index in [0.29, 0.717) is 17.5 Å². The topological polar surface area (TPSA) is 64.7 Å². The van der Waals surface area contributed by atoms with Crippen LogP contribution in [-0.4, -0.2) is 15.0 Å². The molecule has 2 N–H and O–H groups in total. The molecule has 2 aromatic heterocycles. The number of nitrogen functional groups attached to an aromatic ring is 1. The highest BCUT2D eigenvalue weighted by Crippen LogP contribution is 2.24. The van der Waals surface area contributed by atoms with Crippen LogP contribution in [0.25, 0.3) is 22.3 Å². The third kappa shape index (κ3) is 3.41. The van der Waals surface area contributed by atoms with E-state index in [1.807, 2.05) is 36.4 Å². The minimum Gasteiger partial charge on any atom is -0.368 e. The molecule has 0 radical (unpaired) electrons. The van der Waals surface area contributed by atoms with E-state index in [1.165, 1.54) is 12.1 Å². The molecule has 0 saturated carbocycles. The van der Waals surface area contributed by atoms with Crippen LogP contribution in [0.15, 0.2) is 65.1 Å². The zero-order valence-corrected chi connectivity index (χ0v) is 15.2. The van der Waals surface area contributed by atoms with Crippen molar-refractivity contribution in [3.8, 4) is 11.3 Å². The van der Waals surface area contributed by atoms with Gasteiger partial charge in [0.2, 0.25) is 5.95 Å². The van der Waals surface area contributed by atoms with Crippen molar-refractivity contribution in [1.29, 1.82) is 0 Å². The van der Waals surface area contributed by atoms with Crippen LogP contribution < -0.4 is 5.73 Å². The van der Waals surface area contributed by atoms with Crippen molar-refractivity contribution in [3.05, 3.63) is 82.2 Å². The van der Waals surface area contributed by atoms with Gasteiger partial charge in [-0.2, -0.15) is 0 Å². The number of aromatic nitrogens is 3. The predicted molar refractivity (Wildman–Crippen MR) is 104 cm³/mol. The molecule has 128 valence electrons. The normalized spacial score (nSPS) is 11.0. The van der Waals surface area contributed by atoms with Crippen LogP contribution in [0, 0.1) is 5.82 Å². The fraction of sp³-hybridized carbons (Fsp3) is 0.0500. The first kappa shape index (κ1) is 16.6. The fourth-order valence-electron chi connectivity index (χ4n) is 2.79. The second kappa shape index (κ2) is 6.80. The van der Waals surface area contributed by atoms with Crippen LogP contribution in [0.3, 0.4) is 0 Å². The van der Waals surface area contributed by atoms with E-state index in [1.54, 1.807) is 12.1 Å². The average molecular weight is 409 g/mol. The van der Waals surface area contributed by atoms with Gasteiger partial charge in [-0.25, -0.2) is 19.3 Å². The molecule has 0 aliphatic heterocycles. The highest BCUT2D eigenvalue weighted by molar-refractivity contribution is 9.10. The molecular formula is C20H14BrFN4. The summed E-state index contributed by atoms with van der Waals surface area (Å²) >= 11 is 3.44. The van der Waals surface area contributed by atoms with Crippen molar-refractivity contribution in [2.24, 2.45) is 0 Å². The number of hydrogen-bond acceptors (Lipinski definition) is 4. The Bertz CT molecular complexity index is 1080. The Morgan fingerprint density at radius 3 is 2.31 bits per heavy atom. The van der Waals surface area contributed by atoms with Gasteiger partial charge in [0, 0.05) is 16.5 Å². The Morgan fingerprint density at radius 2 is 1.58 bits per heavy atom. The molecule has 0 amide bonds. The maximum absolute atomic E-state index is 13.2. The Labute approximate surface area is 158 Å². The molecule has 0 saturated heterocycles. The number of halogens is 2. The van der Waals surface area contributed by atoms with E-state index in [-0.39, 0.29) is 11.8 Å². The molecule has 0 aliphatic carbocycles. The van der Waals surface area contributed by atoms with E-state index in [4.69, 9.17) is 10.7 Å². The van der Waals surface area contributed by atoms with Gasteiger partial charge in [-0.05, 0) is 54.1 Å². The number of benzene rings is 2. The van der Waals surface area contributed by atoms with E-state index in [0.717, 1.165) is 27.0 Å². The van der Waals surface area contributed by atoms with Gasteiger partial charge in [-0.3, -0.25) is 0 Å². The molecule has 0 unspecified atom stereocenters. The monoisotopic (exact) mass is 408 g/mol. The van der Waals surface area contributed by atoms with Crippen molar-refractivity contribution < 1.29 is 4.39 Å². The van der Waals surface area contributed by atoms with Crippen molar-refractivity contribution in [2.75, 3.05) is 5.73 Å². The van der Waals surface area contributed by atoms with Crippen LogP contribution in [0.4, 0.5) is 10.3 Å². The van der Waals surface area contributed by atoms with Crippen LogP contribution in [0.1, 0.15) is 11.3 Å². The first-order valence-corrected chi connectivity index (χ1v) is 8.81. The molecule has 6 heteroatoms. The minimum atomic E-state index is -0.276. The first-order chi connectivity index (χ1) is 12.6. The van der Waals surface area contributed by atoms with Gasteiger partial charge in [0.05, 0.1) is 16.9 Å². The van der Waals surface area contributed by atoms with Crippen LogP contribution in [-0.2, 0) is 6.42 Å². The van der Waals surface area contributed by atoms with Gasteiger partial charge in [0.1, 0.15) is 11.3 Å². The molecule has 2 aromatic carbocycles. The predicted octanol–water partition coefficient (Wildman–Crippen LogP) is 4.77. The highest BCUT2D eigenvalue weighted by Gasteiger charge is 2.11. The maximum Gasteiger partial charge on any atom is 0.220 e. The van der Waals surface area contributed by atoms with E-state index >= 15 is 0 Å². The number of hydrogen-bond donors (Lipinski definition) is 1. The molecule has 26 heavy (non-hydrogen) atoms. The summed E-state index contributed by atoms with van der Waals surface area (Å²) in [6, 6.07) is 18.0. The van der Waals surface area contributed by atoms with E-state index in [9.17, 15) is 4.39 Å². The summed E-state index contributed by atoms with van der Waals surface area (Å²) in [6.07, 6.45) is 0.594. The van der Waals surface area contributed by atoms with Gasteiger partial charge in [-0.15, -0.1) is 0 Å². The largest absolute Gasteiger partial charge is 0.368 e. The summed E-state index contributed by atoms with van der Waals surface area (Å²) in [7, 11) is 0. The zero-order chi connectivity index (χ0) is 18.1. The number of rotatable bonds is 3. The van der Waals surface area contributed by atoms with E-state index < -0.39 is 0 Å². The van der Waals surface area contributed by atoms with Gasteiger partial charge >= 0.3 is 0 Å². The lowest BCUT2D eigenvalue weighted by Crippen LogP contribution is -2.03. The first-order valence-electron chi connectivity index (χ1n) is 8.02. The molecule has 0 atom stereocenters. The van der Waals surface area contributed by atoms with Crippen molar-refractivity contribution in [2.45, 2.75) is 6.42 Å². The summed E-state index contributed by atoms with van der Waals surface area (Å²) < 4.78 is 14.2. The third-order valence-electron chi connectivity index (χ3n) is 4.06. The summed E-state index contributed by atoms with van der Waals surface area (Å²) in [5.74, 6) is -0.0532. The maximum atomic E-state index is 13.2. The number of fused-ring (bicyclic) bond motifs is 1. The Balaban J connectivity index is 1.81. The van der Waals surface area contributed by atoms with Gasteiger partial charge in [0.25, 0.3) is 0 Å². The molecule has 4 aromatic rings. The Morgan fingerprint density at radius 1 is 0.846 bits per heavy atom. The number of nitrogens with zero attached hydrogens (tertiary/aromatic N) is 3. The molecule has 0 spiro atoms.